The number of ether oxygens (including phenoxy) is 1. The number of hydrogen-bond donors (Lipinski definition) is 1. The fourth-order valence-electron chi connectivity index (χ4n) is 6.48. The molecular weight excluding hydrogens is 719 g/mol. The van der Waals surface area contributed by atoms with Crippen molar-refractivity contribution in [1.29, 1.82) is 0 Å². The predicted molar refractivity (Wildman–Crippen MR) is 178 cm³/mol. The second-order valence-electron chi connectivity index (χ2n) is 14.2. The van der Waals surface area contributed by atoms with Crippen LogP contribution in [0.15, 0.2) is 47.7 Å². The minimum atomic E-state index is -5.06. The maximum Gasteiger partial charge on any atom is 0.416 e. The molecular formula is C35H34F7N5O4S. The van der Waals surface area contributed by atoms with Crippen LogP contribution in [0.25, 0.3) is 21.0 Å². The summed E-state index contributed by atoms with van der Waals surface area (Å²) >= 11 is 1.28. The van der Waals surface area contributed by atoms with E-state index in [0.717, 1.165) is 0 Å². The summed E-state index contributed by atoms with van der Waals surface area (Å²) in [5.41, 5.74) is -0.564. The van der Waals surface area contributed by atoms with Gasteiger partial charge in [0.05, 0.1) is 53.1 Å². The van der Waals surface area contributed by atoms with Crippen LogP contribution in [-0.2, 0) is 16.7 Å². The molecule has 0 saturated carbocycles. The van der Waals surface area contributed by atoms with E-state index in [1.54, 1.807) is 17.9 Å². The molecule has 1 aliphatic carbocycles. The van der Waals surface area contributed by atoms with Crippen molar-refractivity contribution in [2.75, 3.05) is 18.0 Å². The molecule has 3 aliphatic rings. The maximum absolute atomic E-state index is 13.8. The van der Waals surface area contributed by atoms with Crippen molar-refractivity contribution in [2.45, 2.75) is 83.7 Å². The van der Waals surface area contributed by atoms with Gasteiger partial charge in [-0.25, -0.2) is 28.9 Å². The summed E-state index contributed by atoms with van der Waals surface area (Å²) in [7, 11) is 0. The first-order chi connectivity index (χ1) is 24.1. The summed E-state index contributed by atoms with van der Waals surface area (Å²) in [6, 6.07) is 3.70. The van der Waals surface area contributed by atoms with E-state index in [4.69, 9.17) is 14.7 Å². The number of rotatable bonds is 7. The van der Waals surface area contributed by atoms with Crippen LogP contribution in [0.3, 0.4) is 0 Å². The largest absolute Gasteiger partial charge is 0.478 e. The van der Waals surface area contributed by atoms with E-state index in [9.17, 15) is 45.4 Å². The van der Waals surface area contributed by atoms with Crippen molar-refractivity contribution < 1.29 is 50.2 Å². The van der Waals surface area contributed by atoms with Gasteiger partial charge in [-0.1, -0.05) is 32.9 Å². The molecule has 9 nitrogen and oxygen atoms in total. The third kappa shape index (κ3) is 7.23. The molecule has 1 aromatic carbocycles. The Morgan fingerprint density at radius 3 is 2.33 bits per heavy atom. The molecule has 278 valence electrons. The number of carbonyl (C=O) groups excluding carboxylic acids is 1. The SMILES string of the molecule is Cc1cc(C(=O)O)ccc1-c1nc(C(C)(C)C)c(-c2cnc(N3CC(F)C3)nc2CN2C(=O)OC(C3C=C(C(F)(F)F)C=C(C(F)(F)F)C3)C2C)s1. The van der Waals surface area contributed by atoms with Crippen LogP contribution >= 0.6 is 11.3 Å². The van der Waals surface area contributed by atoms with Gasteiger partial charge in [0, 0.05) is 34.2 Å². The number of carbonyl (C=O) groups is 2. The Hall–Kier alpha value is -4.54. The number of aromatic carboxylic acids is 1. The number of aryl methyl sites for hydroxylation is 1. The van der Waals surface area contributed by atoms with Gasteiger partial charge in [0.1, 0.15) is 17.3 Å². The molecule has 4 heterocycles. The van der Waals surface area contributed by atoms with Crippen LogP contribution in [0.1, 0.15) is 61.4 Å². The van der Waals surface area contributed by atoms with Crippen LogP contribution in [0.2, 0.25) is 0 Å². The van der Waals surface area contributed by atoms with E-state index in [1.165, 1.54) is 41.5 Å². The Labute approximate surface area is 297 Å². The van der Waals surface area contributed by atoms with E-state index < -0.39 is 71.6 Å². The number of alkyl halides is 7. The fourth-order valence-corrected chi connectivity index (χ4v) is 7.88. The highest BCUT2D eigenvalue weighted by Gasteiger charge is 2.49. The first kappa shape index (κ1) is 37.2. The molecule has 2 aromatic heterocycles. The van der Waals surface area contributed by atoms with Crippen molar-refractivity contribution in [3.8, 4) is 21.0 Å². The Morgan fingerprint density at radius 2 is 1.75 bits per heavy atom. The molecule has 6 rings (SSSR count). The molecule has 3 unspecified atom stereocenters. The Kier molecular flexibility index (Phi) is 9.41. The van der Waals surface area contributed by atoms with E-state index in [1.807, 2.05) is 20.8 Å². The van der Waals surface area contributed by atoms with Crippen LogP contribution in [0.5, 0.6) is 0 Å². The number of hydrogen-bond acceptors (Lipinski definition) is 8. The Bertz CT molecular complexity index is 1980. The van der Waals surface area contributed by atoms with E-state index in [2.05, 4.69) is 4.98 Å². The lowest BCUT2D eigenvalue weighted by Gasteiger charge is -2.34. The first-order valence-corrected chi connectivity index (χ1v) is 17.1. The lowest BCUT2D eigenvalue weighted by atomic mass is 9.83. The number of cyclic esters (lactones) is 1. The molecule has 2 aliphatic heterocycles. The van der Waals surface area contributed by atoms with E-state index in [-0.39, 0.29) is 42.9 Å². The summed E-state index contributed by atoms with van der Waals surface area (Å²) in [5, 5.41) is 10.0. The highest BCUT2D eigenvalue weighted by atomic mass is 32.1. The number of thiazole rings is 1. The van der Waals surface area contributed by atoms with Gasteiger partial charge in [-0.3, -0.25) is 4.90 Å². The molecule has 52 heavy (non-hydrogen) atoms. The van der Waals surface area contributed by atoms with Gasteiger partial charge in [0.15, 0.2) is 0 Å². The van der Waals surface area contributed by atoms with Crippen LogP contribution in [0, 0.1) is 12.8 Å². The quantitative estimate of drug-likeness (QED) is 0.240. The summed E-state index contributed by atoms with van der Waals surface area (Å²) in [5.74, 6) is -2.32. The molecule has 0 bridgehead atoms. The summed E-state index contributed by atoms with van der Waals surface area (Å²) < 4.78 is 102. The van der Waals surface area contributed by atoms with E-state index in [0.29, 0.717) is 38.3 Å². The average Bonchev–Trinajstić information content (AvgIpc) is 3.60. The molecule has 2 saturated heterocycles. The number of carboxylic acids is 1. The first-order valence-electron chi connectivity index (χ1n) is 16.3. The second kappa shape index (κ2) is 13.1. The second-order valence-corrected chi connectivity index (χ2v) is 15.2. The van der Waals surface area contributed by atoms with Gasteiger partial charge in [-0.05, 0) is 44.0 Å². The van der Waals surface area contributed by atoms with Crippen LogP contribution < -0.4 is 4.90 Å². The average molecular weight is 754 g/mol. The third-order valence-corrected chi connectivity index (χ3v) is 10.4. The standard InChI is InChI=1S/C35H34F7N5O4S/c1-16-8-18(30(48)49)6-7-23(16)29-45-28(33(3,4)5)27(52-29)24-12-43-31(46-13-22(36)14-46)44-25(24)15-47-17(2)26(51-32(47)50)19-9-20(34(37,38)39)11-21(10-19)35(40,41)42/h6-9,11-12,17,19,22,26H,10,13-15H2,1-5H3,(H,48,49). The van der Waals surface area contributed by atoms with E-state index >= 15 is 0 Å². The maximum atomic E-state index is 13.8. The number of amides is 1. The topological polar surface area (TPSA) is 109 Å². The minimum absolute atomic E-state index is 0.0389. The predicted octanol–water partition coefficient (Wildman–Crippen LogP) is 8.44. The van der Waals surface area contributed by atoms with Crippen LogP contribution in [-0.4, -0.2) is 80.8 Å². The summed E-state index contributed by atoms with van der Waals surface area (Å²) in [4.78, 5) is 42.5. The number of benzene rings is 1. The number of aromatic nitrogens is 3. The number of halogens is 7. The van der Waals surface area contributed by atoms with Gasteiger partial charge in [-0.2, -0.15) is 26.3 Å². The van der Waals surface area contributed by atoms with Crippen molar-refractivity contribution in [1.82, 2.24) is 19.9 Å². The molecule has 0 radical (unpaired) electrons. The molecule has 0 spiro atoms. The normalized spacial score (nSPS) is 21.5. The highest BCUT2D eigenvalue weighted by molar-refractivity contribution is 7.18. The Morgan fingerprint density at radius 1 is 1.06 bits per heavy atom. The zero-order valence-electron chi connectivity index (χ0n) is 28.6. The summed E-state index contributed by atoms with van der Waals surface area (Å²) in [6.07, 6.45) is -12.0. The fraction of sp³-hybridized carbons (Fsp3) is 0.457. The number of allylic oxidation sites excluding steroid dienone is 3. The Balaban J connectivity index is 1.40. The monoisotopic (exact) mass is 753 g/mol. The zero-order valence-corrected chi connectivity index (χ0v) is 29.4. The van der Waals surface area contributed by atoms with Gasteiger partial charge >= 0.3 is 24.4 Å². The van der Waals surface area contributed by atoms with Gasteiger partial charge in [0.25, 0.3) is 0 Å². The van der Waals surface area contributed by atoms with Crippen LogP contribution in [0.4, 0.5) is 41.5 Å². The molecule has 1 amide bonds. The number of carboxylic acid groups (broad SMARTS) is 1. The molecule has 2 fully saturated rings. The van der Waals surface area contributed by atoms with Gasteiger partial charge in [-0.15, -0.1) is 11.3 Å². The van der Waals surface area contributed by atoms with Gasteiger partial charge in [0.2, 0.25) is 5.95 Å². The van der Waals surface area contributed by atoms with Crippen molar-refractivity contribution in [3.05, 3.63) is 70.2 Å². The number of nitrogens with zero attached hydrogens (tertiary/aromatic N) is 5. The number of anilines is 1. The lowest BCUT2D eigenvalue weighted by Crippen LogP contribution is -2.49. The lowest BCUT2D eigenvalue weighted by molar-refractivity contribution is -0.101. The minimum Gasteiger partial charge on any atom is -0.478 e. The van der Waals surface area contributed by atoms with Crippen molar-refractivity contribution >= 4 is 29.3 Å². The molecule has 17 heteroatoms. The molecule has 3 atom stereocenters. The smallest absolute Gasteiger partial charge is 0.416 e. The van der Waals surface area contributed by atoms with Crippen molar-refractivity contribution in [2.24, 2.45) is 5.92 Å². The highest BCUT2D eigenvalue weighted by Crippen LogP contribution is 2.45. The molecule has 1 N–H and O–H groups in total. The molecule has 3 aromatic rings. The van der Waals surface area contributed by atoms with Gasteiger partial charge < -0.3 is 14.7 Å². The van der Waals surface area contributed by atoms with Crippen molar-refractivity contribution in [3.63, 3.8) is 0 Å². The summed E-state index contributed by atoms with van der Waals surface area (Å²) in [6.45, 7) is 8.88. The zero-order chi connectivity index (χ0) is 38.1. The third-order valence-electron chi connectivity index (χ3n) is 9.31.